The van der Waals surface area contributed by atoms with Crippen LogP contribution in [0.1, 0.15) is 11.1 Å². The minimum absolute atomic E-state index is 0.481. The number of nitrogens with zero attached hydrogens (tertiary/aromatic N) is 2. The van der Waals surface area contributed by atoms with Crippen molar-refractivity contribution in [1.29, 1.82) is 10.5 Å². The molecule has 0 atom stereocenters. The van der Waals surface area contributed by atoms with Crippen molar-refractivity contribution in [3.63, 3.8) is 0 Å². The third kappa shape index (κ3) is 2.45. The van der Waals surface area contributed by atoms with E-state index in [0.29, 0.717) is 16.1 Å². The third-order valence-electron chi connectivity index (χ3n) is 2.37. The van der Waals surface area contributed by atoms with Gasteiger partial charge in [0.15, 0.2) is 0 Å². The van der Waals surface area contributed by atoms with Crippen molar-refractivity contribution in [3.8, 4) is 23.3 Å². The van der Waals surface area contributed by atoms with Crippen molar-refractivity contribution in [1.82, 2.24) is 0 Å². The van der Waals surface area contributed by atoms with Gasteiger partial charge in [-0.1, -0.05) is 23.7 Å². The minimum Gasteiger partial charge on any atom is -0.192 e. The standard InChI is InChI=1S/C14H7ClN2/c15-14-3-1-12(2-4-14)13-6-10(8-16)5-11(7-13)9-17/h1-7H. The van der Waals surface area contributed by atoms with Crippen LogP contribution in [0, 0.1) is 22.7 Å². The van der Waals surface area contributed by atoms with Gasteiger partial charge in [0, 0.05) is 5.02 Å². The Morgan fingerprint density at radius 3 is 1.76 bits per heavy atom. The molecular weight excluding hydrogens is 232 g/mol. The molecule has 0 amide bonds. The van der Waals surface area contributed by atoms with Crippen LogP contribution in [-0.4, -0.2) is 0 Å². The first-order valence-electron chi connectivity index (χ1n) is 4.94. The predicted molar refractivity (Wildman–Crippen MR) is 66.3 cm³/mol. The van der Waals surface area contributed by atoms with E-state index in [-0.39, 0.29) is 0 Å². The van der Waals surface area contributed by atoms with Gasteiger partial charge in [0.1, 0.15) is 0 Å². The summed E-state index contributed by atoms with van der Waals surface area (Å²) in [7, 11) is 0. The van der Waals surface area contributed by atoms with Gasteiger partial charge in [-0.2, -0.15) is 10.5 Å². The van der Waals surface area contributed by atoms with Gasteiger partial charge < -0.3 is 0 Å². The first-order chi connectivity index (χ1) is 8.22. The Morgan fingerprint density at radius 1 is 0.765 bits per heavy atom. The number of benzene rings is 2. The molecule has 0 aliphatic rings. The Morgan fingerprint density at radius 2 is 1.29 bits per heavy atom. The lowest BCUT2D eigenvalue weighted by Crippen LogP contribution is -1.84. The zero-order valence-corrected chi connectivity index (χ0v) is 9.57. The second-order valence-corrected chi connectivity index (χ2v) is 3.97. The second kappa shape index (κ2) is 4.70. The molecule has 0 unspecified atom stereocenters. The van der Waals surface area contributed by atoms with Gasteiger partial charge in [-0.05, 0) is 41.5 Å². The van der Waals surface area contributed by atoms with Crippen LogP contribution in [0.3, 0.4) is 0 Å². The molecule has 0 saturated carbocycles. The molecule has 0 fully saturated rings. The summed E-state index contributed by atoms with van der Waals surface area (Å²) < 4.78 is 0. The maximum absolute atomic E-state index is 8.89. The molecule has 2 aromatic rings. The van der Waals surface area contributed by atoms with Gasteiger partial charge in [-0.15, -0.1) is 0 Å². The predicted octanol–water partition coefficient (Wildman–Crippen LogP) is 3.75. The fourth-order valence-corrected chi connectivity index (χ4v) is 1.69. The number of halogens is 1. The highest BCUT2D eigenvalue weighted by atomic mass is 35.5. The number of rotatable bonds is 1. The lowest BCUT2D eigenvalue weighted by atomic mass is 10.0. The highest BCUT2D eigenvalue weighted by molar-refractivity contribution is 6.30. The van der Waals surface area contributed by atoms with Crippen molar-refractivity contribution in [2.75, 3.05) is 0 Å². The Bertz CT molecular complexity index is 599. The number of hydrogen-bond donors (Lipinski definition) is 0. The molecule has 0 heterocycles. The summed E-state index contributed by atoms with van der Waals surface area (Å²) >= 11 is 5.81. The van der Waals surface area contributed by atoms with Gasteiger partial charge in [0.25, 0.3) is 0 Å². The molecule has 2 nitrogen and oxygen atoms in total. The Labute approximate surface area is 104 Å². The summed E-state index contributed by atoms with van der Waals surface area (Å²) in [4.78, 5) is 0. The van der Waals surface area contributed by atoms with Crippen LogP contribution in [0.15, 0.2) is 42.5 Å². The van der Waals surface area contributed by atoms with Crippen LogP contribution in [0.5, 0.6) is 0 Å². The molecule has 0 bridgehead atoms. The first kappa shape index (κ1) is 11.2. The summed E-state index contributed by atoms with van der Waals surface area (Å²) in [6, 6.07) is 16.5. The van der Waals surface area contributed by atoms with Gasteiger partial charge >= 0.3 is 0 Å². The molecule has 0 aliphatic heterocycles. The minimum atomic E-state index is 0.481. The monoisotopic (exact) mass is 238 g/mol. The van der Waals surface area contributed by atoms with Crippen LogP contribution >= 0.6 is 11.6 Å². The second-order valence-electron chi connectivity index (χ2n) is 3.53. The Kier molecular flexibility index (Phi) is 3.10. The van der Waals surface area contributed by atoms with Crippen LogP contribution < -0.4 is 0 Å². The number of nitriles is 2. The fourth-order valence-electron chi connectivity index (χ4n) is 1.57. The summed E-state index contributed by atoms with van der Waals surface area (Å²) in [5, 5.41) is 18.4. The zero-order chi connectivity index (χ0) is 12.3. The van der Waals surface area contributed by atoms with E-state index in [1.165, 1.54) is 0 Å². The molecule has 0 radical (unpaired) electrons. The van der Waals surface area contributed by atoms with Crippen molar-refractivity contribution in [2.24, 2.45) is 0 Å². The molecule has 80 valence electrons. The van der Waals surface area contributed by atoms with E-state index in [0.717, 1.165) is 11.1 Å². The van der Waals surface area contributed by atoms with Gasteiger partial charge in [-0.3, -0.25) is 0 Å². The van der Waals surface area contributed by atoms with E-state index in [1.807, 2.05) is 24.3 Å². The van der Waals surface area contributed by atoms with E-state index < -0.39 is 0 Å². The Balaban J connectivity index is 2.56. The van der Waals surface area contributed by atoms with E-state index in [9.17, 15) is 0 Å². The highest BCUT2D eigenvalue weighted by Gasteiger charge is 2.03. The Hall–Kier alpha value is -2.29. The van der Waals surface area contributed by atoms with Crippen molar-refractivity contribution in [2.45, 2.75) is 0 Å². The molecule has 0 N–H and O–H groups in total. The maximum Gasteiger partial charge on any atom is 0.0992 e. The largest absolute Gasteiger partial charge is 0.192 e. The zero-order valence-electron chi connectivity index (χ0n) is 8.81. The van der Waals surface area contributed by atoms with E-state index in [4.69, 9.17) is 22.1 Å². The molecule has 3 heteroatoms. The van der Waals surface area contributed by atoms with E-state index in [2.05, 4.69) is 0 Å². The van der Waals surface area contributed by atoms with Gasteiger partial charge in [0.05, 0.1) is 23.3 Å². The SMILES string of the molecule is N#Cc1cc(C#N)cc(-c2ccc(Cl)cc2)c1. The molecular formula is C14H7ClN2. The molecule has 17 heavy (non-hydrogen) atoms. The molecule has 0 aliphatic carbocycles. The van der Waals surface area contributed by atoms with Crippen molar-refractivity contribution < 1.29 is 0 Å². The topological polar surface area (TPSA) is 47.6 Å². The highest BCUT2D eigenvalue weighted by Crippen LogP contribution is 2.23. The molecule has 2 rings (SSSR count). The fraction of sp³-hybridized carbons (Fsp3) is 0. The molecule has 0 aromatic heterocycles. The van der Waals surface area contributed by atoms with Crippen molar-refractivity contribution in [3.05, 3.63) is 58.6 Å². The van der Waals surface area contributed by atoms with E-state index in [1.54, 1.807) is 30.3 Å². The van der Waals surface area contributed by atoms with Gasteiger partial charge in [-0.25, -0.2) is 0 Å². The average Bonchev–Trinajstić information content (AvgIpc) is 2.39. The quantitative estimate of drug-likeness (QED) is 0.760. The lowest BCUT2D eigenvalue weighted by molar-refractivity contribution is 1.44. The van der Waals surface area contributed by atoms with E-state index >= 15 is 0 Å². The molecule has 0 spiro atoms. The van der Waals surface area contributed by atoms with Crippen LogP contribution in [0.4, 0.5) is 0 Å². The summed E-state index contributed by atoms with van der Waals surface area (Å²) in [5.74, 6) is 0. The summed E-state index contributed by atoms with van der Waals surface area (Å²) in [6.07, 6.45) is 0. The van der Waals surface area contributed by atoms with Gasteiger partial charge in [0.2, 0.25) is 0 Å². The van der Waals surface area contributed by atoms with Crippen LogP contribution in [0.25, 0.3) is 11.1 Å². The first-order valence-corrected chi connectivity index (χ1v) is 5.32. The van der Waals surface area contributed by atoms with Crippen molar-refractivity contribution >= 4 is 11.6 Å². The summed E-state index contributed by atoms with van der Waals surface area (Å²) in [6.45, 7) is 0. The summed E-state index contributed by atoms with van der Waals surface area (Å²) in [5.41, 5.74) is 2.74. The average molecular weight is 239 g/mol. The van der Waals surface area contributed by atoms with Crippen LogP contribution in [0.2, 0.25) is 5.02 Å². The smallest absolute Gasteiger partial charge is 0.0992 e. The number of hydrogen-bond acceptors (Lipinski definition) is 2. The third-order valence-corrected chi connectivity index (χ3v) is 2.62. The maximum atomic E-state index is 8.89. The van der Waals surface area contributed by atoms with Crippen LogP contribution in [-0.2, 0) is 0 Å². The normalized spacial score (nSPS) is 9.35. The lowest BCUT2D eigenvalue weighted by Gasteiger charge is -2.03. The molecule has 0 saturated heterocycles. The molecule has 2 aromatic carbocycles.